The SMILES string of the molecule is c1ccc(-c2cc(-c3ccc(-c4ccc5oc6ccccc6c5c4)c4oc5ccccc5c34)nc(-c3ccc(-c4ccncc4)cc3)n2)cc1.c1ccc(-c2cc(-c3ccc(-c4ccncc4)cc3)nc(-c3ccc(-c4ccc5oc6ccccc6c5c4)c4oc5ccccc5c34)n2)cc1.c1ccc(-c2nc(-c3ccc(-c4ccncc4)cc3)cc(-c3ccc(-c4ccc5oc6ccccc6c5c4)c4oc5ccccc5c34)n2)cc1. The number of hydrogen-bond donors (Lipinski definition) is 0. The van der Waals surface area contributed by atoms with Gasteiger partial charge in [-0.2, -0.15) is 0 Å². The molecule has 702 valence electrons. The van der Waals surface area contributed by atoms with E-state index in [-0.39, 0.29) is 0 Å². The molecule has 30 aromatic rings. The van der Waals surface area contributed by atoms with Gasteiger partial charge in [0.15, 0.2) is 17.5 Å². The van der Waals surface area contributed by atoms with E-state index < -0.39 is 0 Å². The molecule has 18 aromatic carbocycles. The highest BCUT2D eigenvalue weighted by atomic mass is 16.3. The van der Waals surface area contributed by atoms with Crippen molar-refractivity contribution >= 4 is 132 Å². The third kappa shape index (κ3) is 15.9. The monoisotopic (exact) mass is 1920 g/mol. The van der Waals surface area contributed by atoms with Crippen molar-refractivity contribution in [2.45, 2.75) is 0 Å². The minimum atomic E-state index is 0.638. The van der Waals surface area contributed by atoms with Gasteiger partial charge in [0, 0.05) is 169 Å². The zero-order chi connectivity index (χ0) is 99.1. The molecular formula is C135H81N9O6. The summed E-state index contributed by atoms with van der Waals surface area (Å²) in [6, 6.07) is 156. The normalized spacial score (nSPS) is 11.6. The van der Waals surface area contributed by atoms with E-state index in [4.69, 9.17) is 56.4 Å². The van der Waals surface area contributed by atoms with Gasteiger partial charge in [0.05, 0.1) is 34.2 Å². The van der Waals surface area contributed by atoms with E-state index in [1.165, 1.54) is 0 Å². The summed E-state index contributed by atoms with van der Waals surface area (Å²) in [7, 11) is 0. The first kappa shape index (κ1) is 87.3. The lowest BCUT2D eigenvalue weighted by Gasteiger charge is -2.12. The molecular weight excluding hydrogens is 1840 g/mol. The van der Waals surface area contributed by atoms with Crippen LogP contribution in [0.4, 0.5) is 0 Å². The average molecular weight is 1930 g/mol. The molecule has 0 saturated heterocycles. The number of pyridine rings is 3. The molecule has 0 aliphatic heterocycles. The Labute approximate surface area is 857 Å². The smallest absolute Gasteiger partial charge is 0.161 e. The lowest BCUT2D eigenvalue weighted by Crippen LogP contribution is -1.97. The van der Waals surface area contributed by atoms with Gasteiger partial charge in [-0.25, -0.2) is 29.9 Å². The third-order valence-corrected chi connectivity index (χ3v) is 28.3. The second-order valence-corrected chi connectivity index (χ2v) is 37.2. The Kier molecular flexibility index (Phi) is 21.5. The van der Waals surface area contributed by atoms with E-state index in [9.17, 15) is 0 Å². The van der Waals surface area contributed by atoms with Gasteiger partial charge in [-0.1, -0.05) is 303 Å². The van der Waals surface area contributed by atoms with Crippen LogP contribution in [0.2, 0.25) is 0 Å². The average Bonchev–Trinajstić information content (AvgIpc) is 1.57. The summed E-state index contributed by atoms with van der Waals surface area (Å²) in [5.74, 6) is 1.96. The van der Waals surface area contributed by atoms with Crippen LogP contribution in [0.15, 0.2) is 519 Å². The zero-order valence-corrected chi connectivity index (χ0v) is 80.2. The Morgan fingerprint density at radius 2 is 0.347 bits per heavy atom. The fraction of sp³-hybridized carbons (Fsp3) is 0. The minimum absolute atomic E-state index is 0.638. The molecule has 0 unspecified atom stereocenters. The lowest BCUT2D eigenvalue weighted by atomic mass is 9.95. The quantitative estimate of drug-likeness (QED) is 0.0939. The first-order chi connectivity index (χ1) is 74.3. The third-order valence-electron chi connectivity index (χ3n) is 28.3. The topological polar surface area (TPSA) is 195 Å². The number of benzene rings is 18. The molecule has 12 heterocycles. The number of rotatable bonds is 15. The fourth-order valence-electron chi connectivity index (χ4n) is 21.0. The van der Waals surface area contributed by atoms with E-state index >= 15 is 0 Å². The van der Waals surface area contributed by atoms with E-state index in [1.54, 1.807) is 0 Å². The predicted octanol–water partition coefficient (Wildman–Crippen LogP) is 36.0. The molecule has 0 N–H and O–H groups in total. The first-order valence-electron chi connectivity index (χ1n) is 49.8. The van der Waals surface area contributed by atoms with Crippen molar-refractivity contribution in [1.29, 1.82) is 0 Å². The number of aromatic nitrogens is 9. The molecule has 15 nitrogen and oxygen atoms in total. The molecule has 15 heteroatoms. The van der Waals surface area contributed by atoms with Crippen LogP contribution in [0, 0.1) is 0 Å². The molecule has 0 atom stereocenters. The summed E-state index contributed by atoms with van der Waals surface area (Å²) >= 11 is 0. The molecule has 0 radical (unpaired) electrons. The molecule has 0 bridgehead atoms. The van der Waals surface area contributed by atoms with E-state index in [0.29, 0.717) is 17.5 Å². The second kappa shape index (κ2) is 37.0. The van der Waals surface area contributed by atoms with Crippen LogP contribution in [0.1, 0.15) is 0 Å². The van der Waals surface area contributed by atoms with Crippen LogP contribution >= 0.6 is 0 Å². The molecule has 0 spiro atoms. The van der Waals surface area contributed by atoms with E-state index in [0.717, 1.165) is 283 Å². The van der Waals surface area contributed by atoms with Gasteiger partial charge in [0.1, 0.15) is 67.0 Å². The highest BCUT2D eigenvalue weighted by molar-refractivity contribution is 6.21. The Bertz CT molecular complexity index is 9510. The molecule has 0 aliphatic rings. The highest BCUT2D eigenvalue weighted by Gasteiger charge is 2.27. The summed E-state index contributed by atoms with van der Waals surface area (Å²) < 4.78 is 38.5. The molecule has 0 fully saturated rings. The van der Waals surface area contributed by atoms with Crippen molar-refractivity contribution < 1.29 is 26.5 Å². The molecule has 0 aliphatic carbocycles. The fourth-order valence-corrected chi connectivity index (χ4v) is 21.0. The maximum Gasteiger partial charge on any atom is 0.161 e. The summed E-state index contributed by atoms with van der Waals surface area (Å²) in [6.45, 7) is 0. The minimum Gasteiger partial charge on any atom is -0.456 e. The van der Waals surface area contributed by atoms with Crippen LogP contribution in [-0.2, 0) is 0 Å². The Hall–Kier alpha value is -20.5. The maximum atomic E-state index is 6.69. The Morgan fingerprint density at radius 3 is 0.687 bits per heavy atom. The molecule has 0 saturated carbocycles. The number of furan rings is 6. The largest absolute Gasteiger partial charge is 0.456 e. The van der Waals surface area contributed by atoms with E-state index in [2.05, 4.69) is 282 Å². The molecule has 150 heavy (non-hydrogen) atoms. The summed E-state index contributed by atoms with van der Waals surface area (Å²) in [5.41, 5.74) is 36.9. The molecule has 30 rings (SSSR count). The van der Waals surface area contributed by atoms with Crippen molar-refractivity contribution in [1.82, 2.24) is 44.9 Å². The van der Waals surface area contributed by atoms with E-state index in [1.807, 2.05) is 225 Å². The standard InChI is InChI=1S/3C45H27N3O2/c1-2-8-31(9-3-1)45-47-38(30-16-14-28(15-17-30)29-22-24-46-25-23-29)27-39(48-45)35-20-19-33(44-43(35)36-11-5-7-13-41(36)50-44)32-18-21-42-37(26-32)34-10-4-6-12-40(34)49-42;1-2-8-30(9-3-1)38-27-39(48-45(47-38)31-16-14-28(15-17-31)29-22-24-46-25-23-29)35-20-19-33(44-43(35)36-11-5-7-13-41(36)50-44)32-18-21-42-37(26-32)34-10-4-6-12-40(34)49-42;1-2-8-30(9-3-1)38-27-39(31-16-14-28(15-17-31)29-22-24-46-25-23-29)48-45(47-38)36-20-19-33(44-43(36)35-11-5-7-13-41(35)50-44)32-18-21-42-37(26-32)34-10-4-6-12-40(34)49-42/h3*1-27H. The highest BCUT2D eigenvalue weighted by Crippen LogP contribution is 2.50. The van der Waals surface area contributed by atoms with Gasteiger partial charge in [-0.15, -0.1) is 0 Å². The Balaban J connectivity index is 0.000000108. The van der Waals surface area contributed by atoms with Gasteiger partial charge in [-0.3, -0.25) is 15.0 Å². The summed E-state index contributed by atoms with van der Waals surface area (Å²) in [5, 5.41) is 12.6. The van der Waals surface area contributed by atoms with Crippen molar-refractivity contribution in [2.75, 3.05) is 0 Å². The second-order valence-electron chi connectivity index (χ2n) is 37.2. The van der Waals surface area contributed by atoms with Crippen LogP contribution in [0.25, 0.3) is 300 Å². The van der Waals surface area contributed by atoms with Gasteiger partial charge >= 0.3 is 0 Å². The number of para-hydroxylation sites is 6. The summed E-state index contributed by atoms with van der Waals surface area (Å²) in [6.07, 6.45) is 10.9. The molecule has 0 amide bonds. The maximum absolute atomic E-state index is 6.69. The van der Waals surface area contributed by atoms with Gasteiger partial charge < -0.3 is 26.5 Å². The van der Waals surface area contributed by atoms with Crippen LogP contribution in [0.3, 0.4) is 0 Å². The summed E-state index contributed by atoms with van der Waals surface area (Å²) in [4.78, 5) is 43.5. The van der Waals surface area contributed by atoms with Gasteiger partial charge in [0.25, 0.3) is 0 Å². The van der Waals surface area contributed by atoms with Crippen LogP contribution < -0.4 is 0 Å². The van der Waals surface area contributed by atoms with Crippen LogP contribution in [-0.4, -0.2) is 44.9 Å². The Morgan fingerprint density at radius 1 is 0.127 bits per heavy atom. The van der Waals surface area contributed by atoms with Gasteiger partial charge in [0.2, 0.25) is 0 Å². The number of fused-ring (bicyclic) bond motifs is 18. The van der Waals surface area contributed by atoms with Crippen LogP contribution in [0.5, 0.6) is 0 Å². The van der Waals surface area contributed by atoms with Crippen molar-refractivity contribution in [3.8, 4) is 168 Å². The van der Waals surface area contributed by atoms with Gasteiger partial charge in [-0.05, 0) is 202 Å². The zero-order valence-electron chi connectivity index (χ0n) is 80.2. The van der Waals surface area contributed by atoms with Crippen molar-refractivity contribution in [3.05, 3.63) is 492 Å². The molecule has 12 aromatic heterocycles. The van der Waals surface area contributed by atoms with Crippen molar-refractivity contribution in [2.24, 2.45) is 0 Å². The lowest BCUT2D eigenvalue weighted by molar-refractivity contribution is 0.668. The predicted molar refractivity (Wildman–Crippen MR) is 605 cm³/mol. The number of hydrogen-bond acceptors (Lipinski definition) is 15. The number of nitrogens with zero attached hydrogens (tertiary/aromatic N) is 9. The van der Waals surface area contributed by atoms with Crippen molar-refractivity contribution in [3.63, 3.8) is 0 Å². The first-order valence-corrected chi connectivity index (χ1v) is 49.8.